The Hall–Kier alpha value is -8.01. The third kappa shape index (κ3) is 37.9. The van der Waals surface area contributed by atoms with Crippen LogP contribution in [0.5, 0.6) is 0 Å². The van der Waals surface area contributed by atoms with Crippen LogP contribution in [0, 0.1) is 85.7 Å². The predicted octanol–water partition coefficient (Wildman–Crippen LogP) is 11.5. The number of nitrogens with zero attached hydrogens (tertiary/aromatic N) is 8. The standard InChI is InChI=1S/C23H26N3O4S.C17H12N3O4S.C13H16BNO4.C9H7.C5H5N.CH4.8CH3.5Ni.7H2O/c1-17(2)24-16-10-9-12-20(24)19-11-5-6-13-21(19)25(18(3)4)31(29,30)23-15-8-7-14-22(23)26(27)28;21-20(22)16-10-3-4-11-17(16)25(23,24)19-15-9-2-1-7-13(15)14-8-5-6-12-18-14;1-13(2,3)19-12(16)15-7-6-9-8-10(14(17)18)4-5-11(9)15;1-2-5-9-7-3-6-8(9)4-1;1-2-4-6-5-3-1;;;;;;;;;;;;;;;;;;;;;/h5-18H,1-4H3;1-12H;4-8,17-18H,1-3H3;1,3-5,7H,6H2;1-5H;1H4;8*1H3;;;;;;7*1H2/q+1;-1;;-1;;;8*-1;5*+2;;;;;;;. The number of carbonyl (C=O) groups is 1. The van der Waals surface area contributed by atoms with Crippen molar-refractivity contribution in [3.8, 4) is 22.5 Å². The van der Waals surface area contributed by atoms with Gasteiger partial charge in [-0.25, -0.2) is 21.6 Å². The SMILES string of the molecule is C.CC(C)(C)OC(=O)n1ccc2cc(B(O)O)ccc21.CC(C)N(c1ccccc1-c1cccc[n+]1C(C)C)S(=O)(=O)c1ccccc1[N+](=O)[O-].O.O.O.O.O.O.O.O=[N+]([O-])c1ccccc1S(=O)(=O)[N-]c1ccccc1-c1ccccn1.[CH3-].[CH3-].[CH3-].[CH3-].[CH3-].[CH3-].[CH3-].[CH3-].[Ni+2].[Ni+2].[Ni+2].[Ni+2].[Ni+2].[c-]1ccc2c(c1)C=CC2.c1ccncc1. The summed E-state index contributed by atoms with van der Waals surface area (Å²) in [5.41, 5.74) is 5.59. The van der Waals surface area contributed by atoms with Crippen molar-refractivity contribution in [2.24, 2.45) is 0 Å². The van der Waals surface area contributed by atoms with Gasteiger partial charge in [0.2, 0.25) is 5.69 Å². The Kier molecular flexibility index (Phi) is 80.4. The molecule has 4 heterocycles. The molecule has 111 heavy (non-hydrogen) atoms. The van der Waals surface area contributed by atoms with Gasteiger partial charge < -0.3 is 117 Å². The molecule has 1 aliphatic carbocycles. The van der Waals surface area contributed by atoms with Crippen LogP contribution < -0.4 is 14.3 Å². The molecule has 0 unspecified atom stereocenters. The number of carbonyl (C=O) groups excluding carboxylic acids is 1. The van der Waals surface area contributed by atoms with Crippen molar-refractivity contribution in [3.05, 3.63) is 333 Å². The van der Waals surface area contributed by atoms with E-state index in [2.05, 4.69) is 57.4 Å². The van der Waals surface area contributed by atoms with Crippen LogP contribution in [0.15, 0.2) is 241 Å². The molecule has 0 bridgehead atoms. The van der Waals surface area contributed by atoms with Crippen molar-refractivity contribution in [3.63, 3.8) is 0 Å². The zero-order valence-electron chi connectivity index (χ0n) is 63.4. The Morgan fingerprint density at radius 3 is 1.61 bits per heavy atom. The van der Waals surface area contributed by atoms with Crippen molar-refractivity contribution in [1.29, 1.82) is 0 Å². The molecule has 27 nitrogen and oxygen atoms in total. The van der Waals surface area contributed by atoms with Crippen LogP contribution in [0.25, 0.3) is 44.2 Å². The van der Waals surface area contributed by atoms with Crippen LogP contribution >= 0.6 is 0 Å². The number of pyridine rings is 3. The molecule has 0 spiro atoms. The summed E-state index contributed by atoms with van der Waals surface area (Å²) in [6.07, 6.45) is 13.6. The topological polar surface area (TPSA) is 494 Å². The second-order valence-electron chi connectivity index (χ2n) is 21.4. The first-order chi connectivity index (χ1) is 42.9. The monoisotopic (exact) mass is 1800 g/mol. The van der Waals surface area contributed by atoms with Gasteiger partial charge >= 0.3 is 95.7 Å². The molecule has 16 N–H and O–H groups in total. The summed E-state index contributed by atoms with van der Waals surface area (Å²) in [7, 11) is -9.99. The Morgan fingerprint density at radius 1 is 0.631 bits per heavy atom. The Bertz CT molecular complexity index is 4380. The van der Waals surface area contributed by atoms with Gasteiger partial charge in [0.05, 0.1) is 32.3 Å². The Labute approximate surface area is 708 Å². The maximum absolute atomic E-state index is 13.7. The van der Waals surface area contributed by atoms with Crippen molar-refractivity contribution >= 4 is 78.4 Å². The Balaban J connectivity index is -0.0000000812. The van der Waals surface area contributed by atoms with Gasteiger partial charge in [0, 0.05) is 55.1 Å². The molecule has 11 rings (SSSR count). The number of benzene rings is 6. The van der Waals surface area contributed by atoms with Gasteiger partial charge in [-0.3, -0.25) is 39.1 Å². The quantitative estimate of drug-likeness (QED) is 0.0356. The first kappa shape index (κ1) is 138. The predicted molar refractivity (Wildman–Crippen MR) is 432 cm³/mol. The molecule has 0 amide bonds. The molecule has 4 aromatic heterocycles. The third-order valence-electron chi connectivity index (χ3n) is 13.1. The van der Waals surface area contributed by atoms with Gasteiger partial charge in [-0.15, -0.1) is 22.9 Å². The van der Waals surface area contributed by atoms with Crippen LogP contribution in [-0.2, 0) is 114 Å². The summed E-state index contributed by atoms with van der Waals surface area (Å²) in [6, 6.07) is 56.5. The molecule has 0 saturated carbocycles. The van der Waals surface area contributed by atoms with E-state index in [1.54, 1.807) is 132 Å². The molecule has 10 aromatic rings. The van der Waals surface area contributed by atoms with E-state index < -0.39 is 71.0 Å². The average Bonchev–Trinajstić information content (AvgIpc) is 1.17. The van der Waals surface area contributed by atoms with Gasteiger partial charge in [0.1, 0.15) is 20.5 Å². The number of anilines is 1. The van der Waals surface area contributed by atoms with Crippen molar-refractivity contribution in [1.82, 2.24) is 14.5 Å². The molecule has 0 fully saturated rings. The van der Waals surface area contributed by atoms with E-state index in [4.69, 9.17) is 14.8 Å². The maximum Gasteiger partial charge on any atom is 2.00 e. The van der Waals surface area contributed by atoms with E-state index in [1.165, 1.54) is 68.5 Å². The van der Waals surface area contributed by atoms with E-state index in [9.17, 15) is 41.9 Å². The molecule has 0 saturated heterocycles. The number of nitro groups is 2. The summed E-state index contributed by atoms with van der Waals surface area (Å²) >= 11 is 0. The number of hydrogen-bond acceptors (Lipinski definition) is 14. The second kappa shape index (κ2) is 64.5. The third-order valence-corrected chi connectivity index (χ3v) is 16.5. The fourth-order valence-corrected chi connectivity index (χ4v) is 12.2. The number of sulfonamides is 2. The van der Waals surface area contributed by atoms with Gasteiger partial charge in [-0.05, 0) is 138 Å². The molecular weight excluding hydrogens is 1700 g/mol. The number of allylic oxidation sites excluding steroid dienone is 1. The van der Waals surface area contributed by atoms with Crippen LogP contribution in [0.4, 0.5) is 27.5 Å². The number of aromatic nitrogens is 4. The zero-order chi connectivity index (χ0) is 65.2. The first-order valence-corrected chi connectivity index (χ1v) is 31.1. The van der Waals surface area contributed by atoms with Crippen molar-refractivity contribution in [2.45, 2.75) is 89.8 Å². The molecule has 0 atom stereocenters. The largest absolute Gasteiger partial charge is 2.00 e. The minimum Gasteiger partial charge on any atom is -0.572 e. The van der Waals surface area contributed by atoms with Crippen LogP contribution in [-0.4, -0.2) is 114 Å². The number of ether oxygens (including phenoxy) is 1. The van der Waals surface area contributed by atoms with Crippen LogP contribution in [0.1, 0.15) is 73.1 Å². The molecule has 630 valence electrons. The smallest absolute Gasteiger partial charge is 0.572 e. The second-order valence-corrected chi connectivity index (χ2v) is 24.7. The molecule has 6 aromatic carbocycles. The van der Waals surface area contributed by atoms with Gasteiger partial charge in [0.25, 0.3) is 21.4 Å². The summed E-state index contributed by atoms with van der Waals surface area (Å²) < 4.78 is 66.5. The van der Waals surface area contributed by atoms with Crippen molar-refractivity contribution < 1.29 is 172 Å². The molecule has 0 aliphatic heterocycles. The minimum atomic E-state index is -4.26. The zero-order valence-corrected chi connectivity index (χ0v) is 70.0. The van der Waals surface area contributed by atoms with E-state index in [0.29, 0.717) is 27.9 Å². The summed E-state index contributed by atoms with van der Waals surface area (Å²) in [4.78, 5) is 40.4. The first-order valence-electron chi connectivity index (χ1n) is 28.2. The number of para-hydroxylation sites is 3. The minimum absolute atomic E-state index is 0. The van der Waals surface area contributed by atoms with E-state index in [1.807, 2.05) is 66.9 Å². The maximum atomic E-state index is 13.7. The van der Waals surface area contributed by atoms with E-state index in [-0.39, 0.29) is 204 Å². The fraction of sp³-hybridized carbons (Fsp3) is 0.158. The number of hydrogen-bond donors (Lipinski definition) is 2. The number of rotatable bonds is 13. The Morgan fingerprint density at radius 2 is 1.13 bits per heavy atom. The summed E-state index contributed by atoms with van der Waals surface area (Å²) in [5, 5.41) is 41.6. The average molecular weight is 1810 g/mol. The molecular formula is C76H108BN8Ni5O19S2+. The van der Waals surface area contributed by atoms with Gasteiger partial charge in [-0.2, -0.15) is 28.8 Å². The molecule has 1 aliphatic rings. The summed E-state index contributed by atoms with van der Waals surface area (Å²) in [6.45, 7) is 13.0. The van der Waals surface area contributed by atoms with E-state index >= 15 is 0 Å². The van der Waals surface area contributed by atoms with Gasteiger partial charge in [0.15, 0.2) is 17.1 Å². The normalized spacial score (nSPS) is 9.29. The number of fused-ring (bicyclic) bond motifs is 2. The van der Waals surface area contributed by atoms with Crippen LogP contribution in [0.2, 0.25) is 0 Å². The molecule has 35 heteroatoms. The molecule has 0 radical (unpaired) electrons. The fourth-order valence-electron chi connectivity index (χ4n) is 9.16. The van der Waals surface area contributed by atoms with Gasteiger partial charge in [-0.1, -0.05) is 98.4 Å². The van der Waals surface area contributed by atoms with E-state index in [0.717, 1.165) is 29.1 Å². The summed E-state index contributed by atoms with van der Waals surface area (Å²) in [5.74, 6) is 0. The van der Waals surface area contributed by atoms with Crippen molar-refractivity contribution in [2.75, 3.05) is 4.31 Å². The number of nitro benzene ring substituents is 2. The van der Waals surface area contributed by atoms with Crippen LogP contribution in [0.3, 0.4) is 0 Å².